The first-order chi connectivity index (χ1) is 5.83. The zero-order chi connectivity index (χ0) is 8.97. The third-order valence-electron chi connectivity index (χ3n) is 1.67. The summed E-state index contributed by atoms with van der Waals surface area (Å²) in [6.45, 7) is 2.05. The average Bonchev–Trinajstić information content (AvgIpc) is 2.48. The van der Waals surface area contributed by atoms with E-state index in [0.29, 0.717) is 6.17 Å². The highest BCUT2D eigenvalue weighted by Crippen LogP contribution is 2.27. The van der Waals surface area contributed by atoms with Gasteiger partial charge in [-0.1, -0.05) is 30.0 Å². The van der Waals surface area contributed by atoms with Gasteiger partial charge in [-0.15, -0.1) is 0 Å². The minimum absolute atomic E-state index is 0.375. The van der Waals surface area contributed by atoms with Gasteiger partial charge in [-0.05, 0) is 13.0 Å². The Balaban J connectivity index is 2.64. The molecule has 2 nitrogen and oxygen atoms in total. The predicted molar refractivity (Wildman–Crippen MR) is 58.5 cm³/mol. The molecule has 0 spiro atoms. The predicted octanol–water partition coefficient (Wildman–Crippen LogP) is 2.53. The van der Waals surface area contributed by atoms with E-state index in [-0.39, 0.29) is 0 Å². The van der Waals surface area contributed by atoms with Crippen molar-refractivity contribution in [2.75, 3.05) is 12.5 Å². The van der Waals surface area contributed by atoms with Crippen molar-refractivity contribution >= 4 is 23.9 Å². The first-order valence-corrected chi connectivity index (χ1v) is 6.16. The van der Waals surface area contributed by atoms with Crippen LogP contribution in [0.3, 0.4) is 0 Å². The first-order valence-electron chi connectivity index (χ1n) is 3.79. The molecular formula is C8H14N2S2. The molecule has 1 heterocycles. The van der Waals surface area contributed by atoms with Crippen molar-refractivity contribution < 1.29 is 0 Å². The van der Waals surface area contributed by atoms with Gasteiger partial charge in [0.2, 0.25) is 0 Å². The number of rotatable bonds is 3. The summed E-state index contributed by atoms with van der Waals surface area (Å²) in [4.78, 5) is 0. The zero-order valence-electron chi connectivity index (χ0n) is 7.60. The van der Waals surface area contributed by atoms with E-state index < -0.39 is 0 Å². The molecule has 0 aromatic heterocycles. The second-order valence-electron chi connectivity index (χ2n) is 2.32. The summed E-state index contributed by atoms with van der Waals surface area (Å²) >= 11 is 3.48. The van der Waals surface area contributed by atoms with Crippen molar-refractivity contribution in [1.82, 2.24) is 8.61 Å². The largest absolute Gasteiger partial charge is 0.296 e. The van der Waals surface area contributed by atoms with E-state index in [1.54, 1.807) is 23.9 Å². The normalized spacial score (nSPS) is 18.6. The standard InChI is InChI=1S/C8H14N2S2/c1-4-5-8-9(11-2)6-7-10(8)12-3/h4-8H,1-3H3/b5-4-. The summed E-state index contributed by atoms with van der Waals surface area (Å²) in [6, 6.07) is 0. The summed E-state index contributed by atoms with van der Waals surface area (Å²) < 4.78 is 4.44. The van der Waals surface area contributed by atoms with Crippen molar-refractivity contribution in [2.24, 2.45) is 0 Å². The maximum Gasteiger partial charge on any atom is 0.140 e. The Morgan fingerprint density at radius 1 is 1.17 bits per heavy atom. The molecule has 12 heavy (non-hydrogen) atoms. The minimum atomic E-state index is 0.375. The van der Waals surface area contributed by atoms with Gasteiger partial charge in [0.25, 0.3) is 0 Å². The SMILES string of the molecule is C/C=C\C1N(SC)C=CN1SC. The Bertz CT molecular complexity index is 177. The summed E-state index contributed by atoms with van der Waals surface area (Å²) in [5.41, 5.74) is 0. The van der Waals surface area contributed by atoms with Crippen LogP contribution in [-0.4, -0.2) is 27.3 Å². The van der Waals surface area contributed by atoms with E-state index in [1.807, 2.05) is 0 Å². The van der Waals surface area contributed by atoms with E-state index in [0.717, 1.165) is 0 Å². The Hall–Kier alpha value is -0.220. The minimum Gasteiger partial charge on any atom is -0.296 e. The van der Waals surface area contributed by atoms with Gasteiger partial charge in [0.15, 0.2) is 0 Å². The molecule has 0 amide bonds. The van der Waals surface area contributed by atoms with Gasteiger partial charge >= 0.3 is 0 Å². The van der Waals surface area contributed by atoms with Crippen molar-refractivity contribution in [3.8, 4) is 0 Å². The molecule has 1 rings (SSSR count). The lowest BCUT2D eigenvalue weighted by atomic mass is 10.4. The van der Waals surface area contributed by atoms with Gasteiger partial charge in [0.05, 0.1) is 0 Å². The van der Waals surface area contributed by atoms with Gasteiger partial charge in [0.1, 0.15) is 6.17 Å². The molecule has 68 valence electrons. The highest BCUT2D eigenvalue weighted by molar-refractivity contribution is 7.97. The van der Waals surface area contributed by atoms with E-state index in [4.69, 9.17) is 0 Å². The number of hydrogen-bond donors (Lipinski definition) is 0. The van der Waals surface area contributed by atoms with E-state index in [9.17, 15) is 0 Å². The monoisotopic (exact) mass is 202 g/mol. The van der Waals surface area contributed by atoms with Gasteiger partial charge in [-0.25, -0.2) is 0 Å². The molecule has 0 aliphatic carbocycles. The van der Waals surface area contributed by atoms with Crippen molar-refractivity contribution in [1.29, 1.82) is 0 Å². The smallest absolute Gasteiger partial charge is 0.140 e. The topological polar surface area (TPSA) is 6.48 Å². The number of nitrogens with zero attached hydrogens (tertiary/aromatic N) is 2. The molecular weight excluding hydrogens is 188 g/mol. The van der Waals surface area contributed by atoms with Gasteiger partial charge in [-0.3, -0.25) is 8.61 Å². The van der Waals surface area contributed by atoms with Gasteiger partial charge < -0.3 is 0 Å². The molecule has 4 heteroatoms. The van der Waals surface area contributed by atoms with Crippen LogP contribution in [-0.2, 0) is 0 Å². The van der Waals surface area contributed by atoms with Crippen LogP contribution in [0.15, 0.2) is 24.6 Å². The van der Waals surface area contributed by atoms with E-state index in [2.05, 4.69) is 52.6 Å². The lowest BCUT2D eigenvalue weighted by Crippen LogP contribution is -2.28. The average molecular weight is 202 g/mol. The molecule has 0 aromatic carbocycles. The third-order valence-corrected chi connectivity index (χ3v) is 3.19. The zero-order valence-corrected chi connectivity index (χ0v) is 9.23. The Labute approximate surface area is 82.9 Å². The van der Waals surface area contributed by atoms with Gasteiger partial charge in [-0.2, -0.15) is 0 Å². The summed E-state index contributed by atoms with van der Waals surface area (Å²) in [5, 5.41) is 0. The number of allylic oxidation sites excluding steroid dienone is 1. The fourth-order valence-corrected chi connectivity index (χ4v) is 2.29. The molecule has 0 aromatic rings. The molecule has 0 unspecified atom stereocenters. The quantitative estimate of drug-likeness (QED) is 0.512. The molecule has 0 bridgehead atoms. The molecule has 1 aliphatic heterocycles. The summed E-state index contributed by atoms with van der Waals surface area (Å²) in [5.74, 6) is 0. The van der Waals surface area contributed by atoms with Crippen LogP contribution in [0.25, 0.3) is 0 Å². The van der Waals surface area contributed by atoms with Crippen LogP contribution >= 0.6 is 23.9 Å². The Morgan fingerprint density at radius 3 is 2.00 bits per heavy atom. The second-order valence-corrected chi connectivity index (χ2v) is 3.90. The van der Waals surface area contributed by atoms with Crippen LogP contribution in [0.4, 0.5) is 0 Å². The van der Waals surface area contributed by atoms with Crippen molar-refractivity contribution in [2.45, 2.75) is 13.1 Å². The molecule has 0 saturated heterocycles. The van der Waals surface area contributed by atoms with Crippen LogP contribution < -0.4 is 0 Å². The second kappa shape index (κ2) is 4.72. The van der Waals surface area contributed by atoms with Crippen LogP contribution in [0.1, 0.15) is 6.92 Å². The highest BCUT2D eigenvalue weighted by atomic mass is 32.2. The van der Waals surface area contributed by atoms with Crippen LogP contribution in [0.2, 0.25) is 0 Å². The lowest BCUT2D eigenvalue weighted by molar-refractivity contribution is 0.415. The molecule has 0 N–H and O–H groups in total. The highest BCUT2D eigenvalue weighted by Gasteiger charge is 2.22. The Morgan fingerprint density at radius 2 is 1.67 bits per heavy atom. The maximum atomic E-state index is 2.22. The van der Waals surface area contributed by atoms with Crippen molar-refractivity contribution in [3.63, 3.8) is 0 Å². The van der Waals surface area contributed by atoms with Crippen molar-refractivity contribution in [3.05, 3.63) is 24.6 Å². The van der Waals surface area contributed by atoms with Crippen LogP contribution in [0.5, 0.6) is 0 Å². The van der Waals surface area contributed by atoms with Gasteiger partial charge in [0, 0.05) is 24.9 Å². The third kappa shape index (κ3) is 1.93. The molecule has 1 aliphatic rings. The molecule has 0 fully saturated rings. The van der Waals surface area contributed by atoms with Crippen LogP contribution in [0, 0.1) is 0 Å². The fraction of sp³-hybridized carbons (Fsp3) is 0.500. The van der Waals surface area contributed by atoms with E-state index >= 15 is 0 Å². The molecule has 0 saturated carbocycles. The lowest BCUT2D eigenvalue weighted by Gasteiger charge is -2.26. The first kappa shape index (κ1) is 9.86. The fourth-order valence-electron chi connectivity index (χ4n) is 1.10. The number of hydrogen-bond acceptors (Lipinski definition) is 4. The summed E-state index contributed by atoms with van der Waals surface area (Å²) in [6.07, 6.45) is 13.0. The summed E-state index contributed by atoms with van der Waals surface area (Å²) in [7, 11) is 0. The Kier molecular flexibility index (Phi) is 3.88. The maximum absolute atomic E-state index is 2.22. The van der Waals surface area contributed by atoms with E-state index in [1.165, 1.54) is 0 Å². The molecule has 0 radical (unpaired) electrons. The molecule has 0 atom stereocenters.